The molecule has 0 amide bonds. The highest BCUT2D eigenvalue weighted by molar-refractivity contribution is 5.81. The van der Waals surface area contributed by atoms with Crippen LogP contribution in [0.3, 0.4) is 0 Å². The molecule has 0 spiro atoms. The average molecular weight is 413 g/mol. The highest BCUT2D eigenvalue weighted by Crippen LogP contribution is 2.32. The predicted molar refractivity (Wildman–Crippen MR) is 112 cm³/mol. The summed E-state index contributed by atoms with van der Waals surface area (Å²) in [6, 6.07) is 11.3. The van der Waals surface area contributed by atoms with Crippen molar-refractivity contribution in [1.29, 1.82) is 0 Å². The summed E-state index contributed by atoms with van der Waals surface area (Å²) in [6.45, 7) is 8.22. The third-order valence-corrected chi connectivity index (χ3v) is 5.44. The van der Waals surface area contributed by atoms with Gasteiger partial charge in [0.05, 0.1) is 12.0 Å². The van der Waals surface area contributed by atoms with Crippen molar-refractivity contribution < 1.29 is 24.1 Å². The van der Waals surface area contributed by atoms with Crippen LogP contribution in [0, 0.1) is 12.3 Å². The molecule has 0 aliphatic carbocycles. The number of esters is 1. The Morgan fingerprint density at radius 2 is 1.83 bits per heavy atom. The van der Waals surface area contributed by atoms with Crippen LogP contribution in [0.5, 0.6) is 11.5 Å². The van der Waals surface area contributed by atoms with Gasteiger partial charge in [-0.3, -0.25) is 4.79 Å². The SMILES string of the molecule is CCC(C)(C)C(=O)OCCOCOc1ccc2c(c1)n1n(-c3cc(C)ccc3O)n21. The normalized spacial score (nSPS) is 12.3. The summed E-state index contributed by atoms with van der Waals surface area (Å²) in [5.74, 6) is 0.691. The first kappa shape index (κ1) is 20.2. The standard InChI is InChI=1S/C22H27N3O5/c1-5-22(3,4)21(27)29-11-10-28-14-30-16-7-8-17-18(13-16)24-23(17)25(24)19-12-15(2)6-9-20(19)26/h6-9,12-13,26H,5,10-11,14H2,1-4H3. The maximum absolute atomic E-state index is 11.9. The topological polar surface area (TPSA) is 78.7 Å². The second kappa shape index (κ2) is 7.60. The molecule has 2 heterocycles. The van der Waals surface area contributed by atoms with Crippen LogP contribution in [-0.4, -0.2) is 45.1 Å². The summed E-state index contributed by atoms with van der Waals surface area (Å²) < 4.78 is 20.2. The Balaban J connectivity index is 1.31. The number of fused-ring (bicyclic) bond motifs is 4. The number of nitrogens with zero attached hydrogens (tertiary/aromatic N) is 3. The molecule has 2 aromatic heterocycles. The molecule has 2 aromatic carbocycles. The van der Waals surface area contributed by atoms with Crippen molar-refractivity contribution >= 4 is 17.0 Å². The summed E-state index contributed by atoms with van der Waals surface area (Å²) in [5, 5.41) is 10.2. The van der Waals surface area contributed by atoms with Gasteiger partial charge in [0, 0.05) is 6.07 Å². The fourth-order valence-electron chi connectivity index (χ4n) is 3.11. The van der Waals surface area contributed by atoms with Gasteiger partial charge in [-0.2, -0.15) is 0 Å². The maximum Gasteiger partial charge on any atom is 0.311 e. The number of aromatic nitrogens is 3. The minimum absolute atomic E-state index is 0.0691. The van der Waals surface area contributed by atoms with Crippen LogP contribution in [0.1, 0.15) is 32.8 Å². The molecule has 0 bridgehead atoms. The highest BCUT2D eigenvalue weighted by atomic mass is 16.7. The van der Waals surface area contributed by atoms with Crippen molar-refractivity contribution in [3.8, 4) is 17.2 Å². The lowest BCUT2D eigenvalue weighted by atomic mass is 9.91. The van der Waals surface area contributed by atoms with Crippen LogP contribution in [0.4, 0.5) is 0 Å². The van der Waals surface area contributed by atoms with Gasteiger partial charge in [-0.1, -0.05) is 13.0 Å². The van der Waals surface area contributed by atoms with Crippen molar-refractivity contribution in [2.75, 3.05) is 20.0 Å². The van der Waals surface area contributed by atoms with E-state index in [9.17, 15) is 9.90 Å². The molecule has 0 atom stereocenters. The Kier molecular flexibility index (Phi) is 5.11. The van der Waals surface area contributed by atoms with Crippen LogP contribution >= 0.6 is 0 Å². The zero-order chi connectivity index (χ0) is 21.5. The van der Waals surface area contributed by atoms with Gasteiger partial charge in [-0.15, -0.1) is 14.1 Å². The first-order valence-electron chi connectivity index (χ1n) is 10.0. The van der Waals surface area contributed by atoms with E-state index >= 15 is 0 Å². The van der Waals surface area contributed by atoms with Crippen LogP contribution in [0.15, 0.2) is 36.4 Å². The Bertz CT molecular complexity index is 1170. The highest BCUT2D eigenvalue weighted by Gasteiger charge is 2.27. The number of phenols is 1. The smallest absolute Gasteiger partial charge is 0.311 e. The average Bonchev–Trinajstić information content (AvgIpc) is 3.39. The van der Waals surface area contributed by atoms with Crippen LogP contribution in [0.2, 0.25) is 0 Å². The van der Waals surface area contributed by atoms with Crippen molar-refractivity contribution in [3.63, 3.8) is 0 Å². The number of carbonyl (C=O) groups excluding carboxylic acids is 1. The fraction of sp³-hybridized carbons (Fsp3) is 0.409. The molecule has 8 heteroatoms. The molecule has 160 valence electrons. The molecular weight excluding hydrogens is 386 g/mol. The number of carbonyl (C=O) groups is 1. The van der Waals surface area contributed by atoms with E-state index < -0.39 is 5.41 Å². The Labute approximate surface area is 174 Å². The van der Waals surface area contributed by atoms with Crippen LogP contribution < -0.4 is 4.74 Å². The number of hydrogen-bond donors (Lipinski definition) is 1. The van der Waals surface area contributed by atoms with E-state index in [4.69, 9.17) is 14.2 Å². The summed E-state index contributed by atoms with van der Waals surface area (Å²) >= 11 is 0. The van der Waals surface area contributed by atoms with Crippen LogP contribution in [-0.2, 0) is 14.3 Å². The number of phenolic OH excluding ortho intramolecular Hbond substituents is 1. The first-order chi connectivity index (χ1) is 14.3. The quantitative estimate of drug-likeness (QED) is 0.257. The number of aromatic hydroxyl groups is 1. The van der Waals surface area contributed by atoms with Gasteiger partial charge in [-0.05, 0) is 57.0 Å². The monoisotopic (exact) mass is 413 g/mol. The molecule has 0 fully saturated rings. The van der Waals surface area contributed by atoms with E-state index in [2.05, 4.69) is 0 Å². The molecule has 4 rings (SSSR count). The van der Waals surface area contributed by atoms with Gasteiger partial charge in [0.25, 0.3) is 0 Å². The Morgan fingerprint density at radius 3 is 2.60 bits per heavy atom. The van der Waals surface area contributed by atoms with Gasteiger partial charge in [0.2, 0.25) is 0 Å². The minimum Gasteiger partial charge on any atom is -0.506 e. The van der Waals surface area contributed by atoms with Crippen molar-refractivity contribution in [1.82, 2.24) is 14.1 Å². The lowest BCUT2D eigenvalue weighted by Gasteiger charge is -2.20. The number of benzene rings is 2. The summed E-state index contributed by atoms with van der Waals surface area (Å²) in [4.78, 5) is 13.8. The van der Waals surface area contributed by atoms with E-state index in [0.717, 1.165) is 28.7 Å². The second-order valence-electron chi connectivity index (χ2n) is 8.05. The first-order valence-corrected chi connectivity index (χ1v) is 10.0. The molecular formula is C22H27N3O5. The van der Waals surface area contributed by atoms with Crippen molar-refractivity contribution in [2.24, 2.45) is 5.41 Å². The number of hydrogen-bond acceptors (Lipinski definition) is 5. The number of rotatable bonds is 9. The lowest BCUT2D eigenvalue weighted by Crippen LogP contribution is -2.27. The molecule has 0 unspecified atom stereocenters. The molecule has 0 radical (unpaired) electrons. The molecule has 0 saturated carbocycles. The van der Waals surface area contributed by atoms with E-state index in [1.807, 2.05) is 72.1 Å². The molecule has 30 heavy (non-hydrogen) atoms. The van der Waals surface area contributed by atoms with E-state index in [-0.39, 0.29) is 31.7 Å². The zero-order valence-electron chi connectivity index (χ0n) is 17.7. The Hall–Kier alpha value is -3.13. The fourth-order valence-corrected chi connectivity index (χ4v) is 3.11. The van der Waals surface area contributed by atoms with Gasteiger partial charge < -0.3 is 19.3 Å². The van der Waals surface area contributed by atoms with Crippen molar-refractivity contribution in [2.45, 2.75) is 34.1 Å². The molecule has 8 nitrogen and oxygen atoms in total. The van der Waals surface area contributed by atoms with Gasteiger partial charge in [0.15, 0.2) is 6.79 Å². The van der Waals surface area contributed by atoms with E-state index in [1.54, 1.807) is 6.07 Å². The molecule has 0 saturated heterocycles. The summed E-state index contributed by atoms with van der Waals surface area (Å²) in [5.41, 5.74) is 3.36. The summed E-state index contributed by atoms with van der Waals surface area (Å²) in [6.07, 6.45) is 0.726. The number of aryl methyl sites for hydroxylation is 1. The maximum atomic E-state index is 11.9. The van der Waals surface area contributed by atoms with E-state index in [1.165, 1.54) is 0 Å². The molecule has 4 aromatic rings. The predicted octanol–water partition coefficient (Wildman–Crippen LogP) is 3.77. The third kappa shape index (κ3) is 3.59. The number of ether oxygens (including phenoxy) is 3. The zero-order valence-corrected chi connectivity index (χ0v) is 17.7. The van der Waals surface area contributed by atoms with Gasteiger partial charge in [0.1, 0.15) is 34.8 Å². The minimum atomic E-state index is -0.475. The largest absolute Gasteiger partial charge is 0.506 e. The van der Waals surface area contributed by atoms with Gasteiger partial charge >= 0.3 is 5.97 Å². The molecule has 0 aliphatic heterocycles. The lowest BCUT2D eigenvalue weighted by molar-refractivity contribution is -0.156. The van der Waals surface area contributed by atoms with Crippen molar-refractivity contribution in [3.05, 3.63) is 42.0 Å². The molecule has 1 N–H and O–H groups in total. The Morgan fingerprint density at radius 1 is 1.07 bits per heavy atom. The molecule has 0 aliphatic rings. The second-order valence-corrected chi connectivity index (χ2v) is 8.05. The van der Waals surface area contributed by atoms with Crippen LogP contribution in [0.25, 0.3) is 16.7 Å². The van der Waals surface area contributed by atoms with E-state index in [0.29, 0.717) is 5.75 Å². The van der Waals surface area contributed by atoms with Gasteiger partial charge in [-0.25, -0.2) is 0 Å². The third-order valence-electron chi connectivity index (χ3n) is 5.44. The summed E-state index contributed by atoms with van der Waals surface area (Å²) in [7, 11) is 0.